The summed E-state index contributed by atoms with van der Waals surface area (Å²) in [6.07, 6.45) is 1.02. The molecule has 0 aliphatic carbocycles. The summed E-state index contributed by atoms with van der Waals surface area (Å²) in [4.78, 5) is 4.57. The molecule has 2 heterocycles. The number of aromatic nitrogens is 1. The first kappa shape index (κ1) is 21.2. The van der Waals surface area contributed by atoms with Crippen molar-refractivity contribution < 1.29 is 22.6 Å². The van der Waals surface area contributed by atoms with Crippen LogP contribution in [-0.4, -0.2) is 51.1 Å². The van der Waals surface area contributed by atoms with Gasteiger partial charge in [-0.2, -0.15) is 4.31 Å². The van der Waals surface area contributed by atoms with Gasteiger partial charge in [-0.15, -0.1) is 0 Å². The molecular formula is C20H21ClN2O5S2. The minimum Gasteiger partial charge on any atom is -0.497 e. The number of piperidine rings is 1. The minimum absolute atomic E-state index is 0.101. The third kappa shape index (κ3) is 4.07. The Hall–Kier alpha value is -2.07. The largest absolute Gasteiger partial charge is 0.497 e. The van der Waals surface area contributed by atoms with Gasteiger partial charge in [0, 0.05) is 19.2 Å². The summed E-state index contributed by atoms with van der Waals surface area (Å²) >= 11 is 7.62. The molecule has 4 rings (SSSR count). The fourth-order valence-electron chi connectivity index (χ4n) is 3.40. The van der Waals surface area contributed by atoms with E-state index in [0.717, 1.165) is 10.2 Å². The van der Waals surface area contributed by atoms with Gasteiger partial charge in [0.1, 0.15) is 28.0 Å². The lowest BCUT2D eigenvalue weighted by Crippen LogP contribution is -2.41. The molecule has 0 unspecified atom stereocenters. The zero-order chi connectivity index (χ0) is 21.3. The fraction of sp³-hybridized carbons (Fsp3) is 0.350. The van der Waals surface area contributed by atoms with E-state index >= 15 is 0 Å². The van der Waals surface area contributed by atoms with Crippen molar-refractivity contribution in [2.75, 3.05) is 27.3 Å². The number of fused-ring (bicyclic) bond motifs is 1. The van der Waals surface area contributed by atoms with Crippen LogP contribution in [-0.2, 0) is 10.0 Å². The Kier molecular flexibility index (Phi) is 6.06. The van der Waals surface area contributed by atoms with Crippen LogP contribution < -0.4 is 14.2 Å². The van der Waals surface area contributed by atoms with E-state index in [4.69, 9.17) is 25.8 Å². The van der Waals surface area contributed by atoms with Crippen LogP contribution in [0.4, 0.5) is 0 Å². The Morgan fingerprint density at radius 1 is 1.13 bits per heavy atom. The highest BCUT2D eigenvalue weighted by atomic mass is 35.5. The van der Waals surface area contributed by atoms with Gasteiger partial charge in [0.05, 0.1) is 23.9 Å². The molecule has 0 amide bonds. The second-order valence-electron chi connectivity index (χ2n) is 6.80. The molecule has 0 spiro atoms. The van der Waals surface area contributed by atoms with Crippen LogP contribution in [0.3, 0.4) is 0 Å². The number of rotatable bonds is 6. The first-order valence-corrected chi connectivity index (χ1v) is 12.0. The van der Waals surface area contributed by atoms with Gasteiger partial charge >= 0.3 is 0 Å². The highest BCUT2D eigenvalue weighted by molar-refractivity contribution is 7.89. The van der Waals surface area contributed by atoms with Crippen molar-refractivity contribution in [2.24, 2.45) is 0 Å². The number of hydrogen-bond acceptors (Lipinski definition) is 7. The summed E-state index contributed by atoms with van der Waals surface area (Å²) in [6.45, 7) is 0.692. The molecule has 1 aromatic heterocycles. The summed E-state index contributed by atoms with van der Waals surface area (Å²) in [7, 11) is -0.772. The Balaban J connectivity index is 1.46. The van der Waals surface area contributed by atoms with Crippen molar-refractivity contribution in [1.29, 1.82) is 0 Å². The van der Waals surface area contributed by atoms with Crippen molar-refractivity contribution in [2.45, 2.75) is 23.8 Å². The third-order valence-electron chi connectivity index (χ3n) is 5.01. The van der Waals surface area contributed by atoms with Crippen molar-refractivity contribution >= 4 is 43.2 Å². The van der Waals surface area contributed by atoms with Crippen LogP contribution >= 0.6 is 22.9 Å². The molecule has 0 atom stereocenters. The smallest absolute Gasteiger partial charge is 0.274 e. The van der Waals surface area contributed by atoms with Gasteiger partial charge in [-0.1, -0.05) is 29.0 Å². The van der Waals surface area contributed by atoms with E-state index in [-0.39, 0.29) is 11.0 Å². The number of nitrogens with zero attached hydrogens (tertiary/aromatic N) is 2. The lowest BCUT2D eigenvalue weighted by Gasteiger charge is -2.31. The number of hydrogen-bond donors (Lipinski definition) is 0. The zero-order valence-corrected chi connectivity index (χ0v) is 18.9. The maximum atomic E-state index is 13.2. The molecule has 7 nitrogen and oxygen atoms in total. The summed E-state index contributed by atoms with van der Waals surface area (Å²) in [5.74, 6) is 0.752. The topological polar surface area (TPSA) is 78.0 Å². The quantitative estimate of drug-likeness (QED) is 0.539. The van der Waals surface area contributed by atoms with E-state index in [2.05, 4.69) is 4.98 Å². The number of methoxy groups -OCH3 is 2. The van der Waals surface area contributed by atoms with Crippen LogP contribution in [0.1, 0.15) is 12.8 Å². The molecule has 160 valence electrons. The Bertz CT molecular complexity index is 1160. The average molecular weight is 469 g/mol. The van der Waals surface area contributed by atoms with E-state index in [1.54, 1.807) is 18.2 Å². The maximum absolute atomic E-state index is 13.2. The molecule has 0 bridgehead atoms. The second kappa shape index (κ2) is 8.58. The van der Waals surface area contributed by atoms with Crippen LogP contribution in [0.15, 0.2) is 41.3 Å². The molecular weight excluding hydrogens is 448 g/mol. The highest BCUT2D eigenvalue weighted by Gasteiger charge is 2.33. The molecule has 0 radical (unpaired) electrons. The molecule has 1 fully saturated rings. The molecule has 2 aromatic carbocycles. The molecule has 3 aromatic rings. The van der Waals surface area contributed by atoms with E-state index in [1.807, 2.05) is 12.1 Å². The standard InChI is InChI=1S/C20H21ClN2O5S2/c1-26-14-6-7-16(27-2)18(12-14)30(24,25)23-10-8-13(9-11-23)28-20-22-19-15(21)4-3-5-17(19)29-20/h3-7,12-13H,8-11H2,1-2H3. The van der Waals surface area contributed by atoms with Crippen molar-refractivity contribution in [1.82, 2.24) is 9.29 Å². The van der Waals surface area contributed by atoms with Gasteiger partial charge in [-0.3, -0.25) is 0 Å². The Morgan fingerprint density at radius 2 is 1.90 bits per heavy atom. The number of benzene rings is 2. The molecule has 1 aliphatic heterocycles. The van der Waals surface area contributed by atoms with Crippen LogP contribution in [0.2, 0.25) is 5.02 Å². The predicted octanol–water partition coefficient (Wildman–Crippen LogP) is 4.20. The van der Waals surface area contributed by atoms with Gasteiger partial charge in [0.25, 0.3) is 5.19 Å². The van der Waals surface area contributed by atoms with E-state index in [0.29, 0.717) is 47.6 Å². The van der Waals surface area contributed by atoms with Gasteiger partial charge in [-0.25, -0.2) is 13.4 Å². The molecule has 0 N–H and O–H groups in total. The first-order valence-electron chi connectivity index (χ1n) is 9.36. The fourth-order valence-corrected chi connectivity index (χ4v) is 6.22. The predicted molar refractivity (Wildman–Crippen MR) is 117 cm³/mol. The second-order valence-corrected chi connectivity index (χ2v) is 10.1. The summed E-state index contributed by atoms with van der Waals surface area (Å²) in [5.41, 5.74) is 0.726. The monoisotopic (exact) mass is 468 g/mol. The SMILES string of the molecule is COc1ccc(OC)c(S(=O)(=O)N2CCC(Oc3nc4c(Cl)cccc4s3)CC2)c1. The van der Waals surface area contributed by atoms with Gasteiger partial charge in [0.2, 0.25) is 10.0 Å². The maximum Gasteiger partial charge on any atom is 0.274 e. The number of sulfonamides is 1. The van der Waals surface area contributed by atoms with Crippen LogP contribution in [0.25, 0.3) is 10.2 Å². The van der Waals surface area contributed by atoms with Crippen LogP contribution in [0.5, 0.6) is 16.7 Å². The summed E-state index contributed by atoms with van der Waals surface area (Å²) < 4.78 is 45.2. The Labute approximate surface area is 184 Å². The van der Waals surface area contributed by atoms with Crippen molar-refractivity contribution in [3.8, 4) is 16.7 Å². The number of ether oxygens (including phenoxy) is 3. The molecule has 10 heteroatoms. The molecule has 1 aliphatic rings. The van der Waals surface area contributed by atoms with Gasteiger partial charge in [0.15, 0.2) is 0 Å². The van der Waals surface area contributed by atoms with Crippen molar-refractivity contribution in [3.05, 3.63) is 41.4 Å². The summed E-state index contributed by atoms with van der Waals surface area (Å²) in [6, 6.07) is 10.4. The number of thiazole rings is 1. The number of para-hydroxylation sites is 1. The normalized spacial score (nSPS) is 16.0. The van der Waals surface area contributed by atoms with Crippen LogP contribution in [0, 0.1) is 0 Å². The zero-order valence-electron chi connectivity index (χ0n) is 16.5. The lowest BCUT2D eigenvalue weighted by atomic mass is 10.1. The molecule has 30 heavy (non-hydrogen) atoms. The van der Waals surface area contributed by atoms with E-state index < -0.39 is 10.0 Å². The Morgan fingerprint density at radius 3 is 2.57 bits per heavy atom. The first-order chi connectivity index (χ1) is 14.4. The van der Waals surface area contributed by atoms with E-state index in [9.17, 15) is 8.42 Å². The molecule has 1 saturated heterocycles. The average Bonchev–Trinajstić information content (AvgIpc) is 3.17. The lowest BCUT2D eigenvalue weighted by molar-refractivity contribution is 0.135. The van der Waals surface area contributed by atoms with Gasteiger partial charge in [-0.05, 0) is 37.1 Å². The van der Waals surface area contributed by atoms with E-state index in [1.165, 1.54) is 35.9 Å². The van der Waals surface area contributed by atoms with Gasteiger partial charge < -0.3 is 14.2 Å². The highest BCUT2D eigenvalue weighted by Crippen LogP contribution is 2.35. The minimum atomic E-state index is -3.72. The number of halogens is 1. The summed E-state index contributed by atoms with van der Waals surface area (Å²) in [5, 5.41) is 1.14. The third-order valence-corrected chi connectivity index (χ3v) is 8.14. The van der Waals surface area contributed by atoms with Crippen molar-refractivity contribution in [3.63, 3.8) is 0 Å². The molecule has 0 saturated carbocycles.